The normalized spacial score (nSPS) is 19.9. The van der Waals surface area contributed by atoms with Crippen LogP contribution < -0.4 is 5.32 Å². The zero-order chi connectivity index (χ0) is 14.8. The van der Waals surface area contributed by atoms with Crippen LogP contribution in [0.15, 0.2) is 24.3 Å². The van der Waals surface area contributed by atoms with Crippen molar-refractivity contribution in [2.24, 2.45) is 0 Å². The minimum Gasteiger partial charge on any atom is -0.333 e. The molecule has 0 saturated carbocycles. The lowest BCUT2D eigenvalue weighted by Gasteiger charge is -2.34. The summed E-state index contributed by atoms with van der Waals surface area (Å²) < 4.78 is 22.7. The van der Waals surface area contributed by atoms with Gasteiger partial charge in [0.1, 0.15) is 0 Å². The number of piperazine rings is 1. The van der Waals surface area contributed by atoms with Crippen molar-refractivity contribution in [3.05, 3.63) is 35.4 Å². The van der Waals surface area contributed by atoms with E-state index in [-0.39, 0.29) is 17.7 Å². The Hall–Kier alpha value is -1.40. The molecule has 0 bridgehead atoms. The lowest BCUT2D eigenvalue weighted by molar-refractivity contribution is 0.0655. The summed E-state index contributed by atoms with van der Waals surface area (Å²) in [6.07, 6.45) is 1.19. The number of sulfone groups is 1. The molecule has 0 aromatic heterocycles. The molecular weight excluding hydrogens is 276 g/mol. The third kappa shape index (κ3) is 3.80. The summed E-state index contributed by atoms with van der Waals surface area (Å²) in [5, 5.41) is 3.24. The molecule has 1 saturated heterocycles. The summed E-state index contributed by atoms with van der Waals surface area (Å²) in [7, 11) is -3.09. The maximum Gasteiger partial charge on any atom is 0.254 e. The van der Waals surface area contributed by atoms with Gasteiger partial charge in [-0.25, -0.2) is 8.42 Å². The second-order valence-corrected chi connectivity index (χ2v) is 7.46. The van der Waals surface area contributed by atoms with Gasteiger partial charge in [-0.15, -0.1) is 0 Å². The molecule has 0 unspecified atom stereocenters. The van der Waals surface area contributed by atoms with E-state index in [1.807, 2.05) is 11.8 Å². The molecule has 1 N–H and O–H groups in total. The number of carbonyl (C=O) groups is 1. The molecule has 1 aromatic rings. The van der Waals surface area contributed by atoms with Crippen LogP contribution in [0.4, 0.5) is 0 Å². The Kier molecular flexibility index (Phi) is 4.45. The smallest absolute Gasteiger partial charge is 0.254 e. The summed E-state index contributed by atoms with van der Waals surface area (Å²) in [5.41, 5.74) is 1.21. The number of nitrogens with zero attached hydrogens (tertiary/aromatic N) is 1. The van der Waals surface area contributed by atoms with Crippen LogP contribution in [0.2, 0.25) is 0 Å². The molecule has 1 aliphatic rings. The predicted octanol–water partition coefficient (Wildman–Crippen LogP) is 0.665. The predicted molar refractivity (Wildman–Crippen MR) is 78.4 cm³/mol. The number of nitrogens with one attached hydrogen (secondary N) is 1. The van der Waals surface area contributed by atoms with Crippen LogP contribution in [0.25, 0.3) is 0 Å². The summed E-state index contributed by atoms with van der Waals surface area (Å²) in [4.78, 5) is 14.3. The monoisotopic (exact) mass is 296 g/mol. The molecule has 2 rings (SSSR count). The third-order valence-corrected chi connectivity index (χ3v) is 4.22. The molecule has 5 nitrogen and oxygen atoms in total. The first-order valence-corrected chi connectivity index (χ1v) is 8.71. The minimum atomic E-state index is -3.09. The standard InChI is InChI=1S/C14H20N2O3S/c1-11-9-15-6-7-16(11)14(17)13-5-3-4-12(8-13)10-20(2,18)19/h3-5,8,11,15H,6-7,9-10H2,1-2H3/t11-/m0/s1. The van der Waals surface area contributed by atoms with Gasteiger partial charge >= 0.3 is 0 Å². The Morgan fingerprint density at radius 1 is 1.45 bits per heavy atom. The highest BCUT2D eigenvalue weighted by Crippen LogP contribution is 2.13. The SMILES string of the molecule is C[C@H]1CNCCN1C(=O)c1cccc(CS(C)(=O)=O)c1. The van der Waals surface area contributed by atoms with Crippen molar-refractivity contribution in [2.75, 3.05) is 25.9 Å². The van der Waals surface area contributed by atoms with Crippen molar-refractivity contribution in [1.29, 1.82) is 0 Å². The Morgan fingerprint density at radius 2 is 2.20 bits per heavy atom. The molecule has 6 heteroatoms. The van der Waals surface area contributed by atoms with Crippen molar-refractivity contribution in [2.45, 2.75) is 18.7 Å². The molecule has 1 fully saturated rings. The van der Waals surface area contributed by atoms with Gasteiger partial charge in [-0.2, -0.15) is 0 Å². The number of rotatable bonds is 3. The first kappa shape index (κ1) is 15.0. The Balaban J connectivity index is 2.20. The van der Waals surface area contributed by atoms with Gasteiger partial charge in [0, 0.05) is 37.5 Å². The number of amides is 1. The highest BCUT2D eigenvalue weighted by molar-refractivity contribution is 7.89. The largest absolute Gasteiger partial charge is 0.333 e. The molecule has 1 aliphatic heterocycles. The average molecular weight is 296 g/mol. The van der Waals surface area contributed by atoms with E-state index >= 15 is 0 Å². The van der Waals surface area contributed by atoms with Gasteiger partial charge < -0.3 is 10.2 Å². The van der Waals surface area contributed by atoms with Crippen LogP contribution in [0, 0.1) is 0 Å². The zero-order valence-electron chi connectivity index (χ0n) is 11.8. The van der Waals surface area contributed by atoms with Crippen LogP contribution in [-0.4, -0.2) is 51.2 Å². The van der Waals surface area contributed by atoms with Crippen LogP contribution in [0.1, 0.15) is 22.8 Å². The lowest BCUT2D eigenvalue weighted by Crippen LogP contribution is -2.52. The van der Waals surface area contributed by atoms with Crippen molar-refractivity contribution < 1.29 is 13.2 Å². The molecule has 0 spiro atoms. The zero-order valence-corrected chi connectivity index (χ0v) is 12.6. The summed E-state index contributed by atoms with van der Waals surface area (Å²) in [6, 6.07) is 7.04. The molecule has 0 aliphatic carbocycles. The first-order chi connectivity index (χ1) is 9.37. The lowest BCUT2D eigenvalue weighted by atomic mass is 10.1. The minimum absolute atomic E-state index is 0.0330. The second-order valence-electron chi connectivity index (χ2n) is 5.32. The van der Waals surface area contributed by atoms with Crippen LogP contribution in [0.5, 0.6) is 0 Å². The molecule has 1 heterocycles. The fourth-order valence-electron chi connectivity index (χ4n) is 2.41. The number of hydrogen-bond donors (Lipinski definition) is 1. The summed E-state index contributed by atoms with van der Waals surface area (Å²) in [6.45, 7) is 4.26. The average Bonchev–Trinajstić information content (AvgIpc) is 2.37. The Bertz CT molecular complexity index is 598. The van der Waals surface area contributed by atoms with Gasteiger partial charge in [0.2, 0.25) is 0 Å². The topological polar surface area (TPSA) is 66.5 Å². The molecule has 1 amide bonds. The summed E-state index contributed by atoms with van der Waals surface area (Å²) in [5.74, 6) is -0.0695. The molecule has 1 aromatic carbocycles. The Labute approximate surface area is 119 Å². The van der Waals surface area contributed by atoms with Gasteiger partial charge in [-0.1, -0.05) is 12.1 Å². The quantitative estimate of drug-likeness (QED) is 0.890. The number of carbonyl (C=O) groups excluding carboxylic acids is 1. The van der Waals surface area contributed by atoms with E-state index in [4.69, 9.17) is 0 Å². The number of benzene rings is 1. The molecule has 1 atom stereocenters. The van der Waals surface area contributed by atoms with Gasteiger partial charge in [-0.05, 0) is 24.6 Å². The van der Waals surface area contributed by atoms with Gasteiger partial charge in [0.15, 0.2) is 9.84 Å². The van der Waals surface area contributed by atoms with E-state index < -0.39 is 9.84 Å². The fraction of sp³-hybridized carbons (Fsp3) is 0.500. The van der Waals surface area contributed by atoms with E-state index in [1.54, 1.807) is 24.3 Å². The van der Waals surface area contributed by atoms with Gasteiger partial charge in [0.25, 0.3) is 5.91 Å². The van der Waals surface area contributed by atoms with Crippen molar-refractivity contribution >= 4 is 15.7 Å². The molecular formula is C14H20N2O3S. The van der Waals surface area contributed by atoms with E-state index in [0.29, 0.717) is 17.7 Å². The third-order valence-electron chi connectivity index (χ3n) is 3.36. The second kappa shape index (κ2) is 5.93. The van der Waals surface area contributed by atoms with Crippen molar-refractivity contribution in [3.63, 3.8) is 0 Å². The van der Waals surface area contributed by atoms with Crippen LogP contribution in [0.3, 0.4) is 0 Å². The fourth-order valence-corrected chi connectivity index (χ4v) is 3.19. The van der Waals surface area contributed by atoms with Crippen LogP contribution >= 0.6 is 0 Å². The maximum absolute atomic E-state index is 12.5. The van der Waals surface area contributed by atoms with E-state index in [2.05, 4.69) is 5.32 Å². The summed E-state index contributed by atoms with van der Waals surface area (Å²) >= 11 is 0. The first-order valence-electron chi connectivity index (χ1n) is 6.65. The van der Waals surface area contributed by atoms with Gasteiger partial charge in [0.05, 0.1) is 5.75 Å². The number of hydrogen-bond acceptors (Lipinski definition) is 4. The Morgan fingerprint density at radius 3 is 2.85 bits per heavy atom. The molecule has 0 radical (unpaired) electrons. The van der Waals surface area contributed by atoms with E-state index in [0.717, 1.165) is 13.1 Å². The van der Waals surface area contributed by atoms with Crippen molar-refractivity contribution in [3.8, 4) is 0 Å². The molecule has 110 valence electrons. The van der Waals surface area contributed by atoms with E-state index in [9.17, 15) is 13.2 Å². The highest BCUT2D eigenvalue weighted by Gasteiger charge is 2.24. The van der Waals surface area contributed by atoms with Crippen LogP contribution in [-0.2, 0) is 15.6 Å². The highest BCUT2D eigenvalue weighted by atomic mass is 32.2. The maximum atomic E-state index is 12.5. The van der Waals surface area contributed by atoms with Crippen molar-refractivity contribution in [1.82, 2.24) is 10.2 Å². The van der Waals surface area contributed by atoms with E-state index in [1.165, 1.54) is 6.26 Å². The van der Waals surface area contributed by atoms with Gasteiger partial charge in [-0.3, -0.25) is 4.79 Å². The molecule has 20 heavy (non-hydrogen) atoms.